The fourth-order valence-electron chi connectivity index (χ4n) is 3.17. The maximum atomic E-state index is 12.4. The molecule has 1 N–H and O–H groups in total. The summed E-state index contributed by atoms with van der Waals surface area (Å²) >= 11 is 0. The number of hydrogen-bond acceptors (Lipinski definition) is 4. The molecule has 1 saturated heterocycles. The Hall–Kier alpha value is -2.81. The Labute approximate surface area is 141 Å². The average molecular weight is 323 g/mol. The molecule has 0 saturated carbocycles. The highest BCUT2D eigenvalue weighted by Crippen LogP contribution is 2.25. The number of anilines is 1. The van der Waals surface area contributed by atoms with E-state index in [1.165, 1.54) is 5.56 Å². The Morgan fingerprint density at radius 2 is 2.17 bits per heavy atom. The largest absolute Gasteiger partial charge is 0.328 e. The number of hydrogen-bond donors (Lipinski definition) is 1. The van der Waals surface area contributed by atoms with Crippen molar-refractivity contribution in [2.75, 3.05) is 11.9 Å². The van der Waals surface area contributed by atoms with Gasteiger partial charge in [-0.3, -0.25) is 4.79 Å². The Kier molecular flexibility index (Phi) is 4.52. The molecule has 0 bridgehead atoms. The van der Waals surface area contributed by atoms with E-state index in [1.54, 1.807) is 11.2 Å². The van der Waals surface area contributed by atoms with E-state index in [2.05, 4.69) is 35.6 Å². The van der Waals surface area contributed by atoms with Gasteiger partial charge in [-0.2, -0.15) is 5.26 Å². The van der Waals surface area contributed by atoms with Crippen LogP contribution in [-0.4, -0.2) is 32.9 Å². The summed E-state index contributed by atoms with van der Waals surface area (Å²) in [5, 5.41) is 11.9. The number of carbonyl (C=O) groups excluding carboxylic acids is 1. The van der Waals surface area contributed by atoms with Crippen LogP contribution in [0, 0.1) is 17.4 Å². The zero-order chi connectivity index (χ0) is 17.1. The van der Waals surface area contributed by atoms with Gasteiger partial charge in [0, 0.05) is 18.8 Å². The Morgan fingerprint density at radius 3 is 2.83 bits per heavy atom. The summed E-state index contributed by atoms with van der Waals surface area (Å²) in [6.07, 6.45) is 6.40. The molecule has 124 valence electrons. The third-order valence-electron chi connectivity index (χ3n) is 4.80. The molecule has 2 aromatic rings. The predicted octanol–water partition coefficient (Wildman–Crippen LogP) is 2.62. The summed E-state index contributed by atoms with van der Waals surface area (Å²) in [6, 6.07) is 10.2. The van der Waals surface area contributed by atoms with E-state index in [9.17, 15) is 4.79 Å². The molecule has 1 aliphatic heterocycles. The molecule has 1 fully saturated rings. The number of nitrogens with one attached hydrogen (secondary N) is 1. The Morgan fingerprint density at radius 1 is 1.42 bits per heavy atom. The van der Waals surface area contributed by atoms with Gasteiger partial charge in [-0.1, -0.05) is 30.3 Å². The van der Waals surface area contributed by atoms with Crippen molar-refractivity contribution in [3.63, 3.8) is 0 Å². The van der Waals surface area contributed by atoms with Crippen molar-refractivity contribution in [2.24, 2.45) is 5.92 Å². The zero-order valence-electron chi connectivity index (χ0n) is 13.9. The molecule has 1 aliphatic rings. The predicted molar refractivity (Wildman–Crippen MR) is 91.0 cm³/mol. The van der Waals surface area contributed by atoms with E-state index < -0.39 is 0 Å². The number of benzene rings is 1. The first-order valence-corrected chi connectivity index (χ1v) is 8.16. The molecule has 6 nitrogen and oxygen atoms in total. The van der Waals surface area contributed by atoms with Crippen LogP contribution < -0.4 is 5.32 Å². The van der Waals surface area contributed by atoms with Gasteiger partial charge in [0.2, 0.25) is 5.91 Å². The van der Waals surface area contributed by atoms with Crippen molar-refractivity contribution in [2.45, 2.75) is 32.4 Å². The van der Waals surface area contributed by atoms with Crippen LogP contribution >= 0.6 is 0 Å². The quantitative estimate of drug-likeness (QED) is 0.878. The van der Waals surface area contributed by atoms with E-state index in [4.69, 9.17) is 5.26 Å². The summed E-state index contributed by atoms with van der Waals surface area (Å²) in [7, 11) is 0. The summed E-state index contributed by atoms with van der Waals surface area (Å²) in [4.78, 5) is 18.4. The minimum atomic E-state index is -0.179. The number of rotatable bonds is 4. The molecule has 24 heavy (non-hydrogen) atoms. The highest BCUT2D eigenvalue weighted by molar-refractivity contribution is 5.92. The molecule has 0 radical (unpaired) electrons. The van der Waals surface area contributed by atoms with E-state index in [1.807, 2.05) is 35.9 Å². The maximum Gasteiger partial charge on any atom is 0.230 e. The lowest BCUT2D eigenvalue weighted by Gasteiger charge is -2.18. The molecule has 2 unspecified atom stereocenters. The summed E-state index contributed by atoms with van der Waals surface area (Å²) in [6.45, 7) is 4.64. The molecule has 3 atom stereocenters. The van der Waals surface area contributed by atoms with Crippen LogP contribution in [0.1, 0.15) is 31.9 Å². The van der Waals surface area contributed by atoms with Crippen LogP contribution in [0.15, 0.2) is 42.9 Å². The van der Waals surface area contributed by atoms with E-state index in [0.717, 1.165) is 0 Å². The molecular weight excluding hydrogens is 302 g/mol. The van der Waals surface area contributed by atoms with Gasteiger partial charge in [0.25, 0.3) is 0 Å². The normalized spacial score (nSPS) is 21.3. The first kappa shape index (κ1) is 16.1. The van der Waals surface area contributed by atoms with Crippen molar-refractivity contribution in [1.29, 1.82) is 5.26 Å². The zero-order valence-corrected chi connectivity index (χ0v) is 13.9. The van der Waals surface area contributed by atoms with Crippen LogP contribution in [0.25, 0.3) is 0 Å². The first-order valence-electron chi connectivity index (χ1n) is 8.16. The fourth-order valence-corrected chi connectivity index (χ4v) is 3.17. The molecule has 1 aromatic heterocycles. The number of imidazole rings is 1. The van der Waals surface area contributed by atoms with Gasteiger partial charge in [0.05, 0.1) is 18.3 Å². The highest BCUT2D eigenvalue weighted by Gasteiger charge is 2.35. The van der Waals surface area contributed by atoms with E-state index >= 15 is 0 Å². The summed E-state index contributed by atoms with van der Waals surface area (Å²) < 4.78 is 1.98. The molecule has 3 rings (SSSR count). The molecule has 1 aromatic carbocycles. The average Bonchev–Trinajstić information content (AvgIpc) is 3.21. The van der Waals surface area contributed by atoms with Crippen molar-refractivity contribution in [3.8, 4) is 6.19 Å². The maximum absolute atomic E-state index is 12.4. The topological polar surface area (TPSA) is 74.0 Å². The van der Waals surface area contributed by atoms with Crippen LogP contribution in [0.3, 0.4) is 0 Å². The molecular formula is C18H21N5O. The van der Waals surface area contributed by atoms with Gasteiger partial charge in [0.1, 0.15) is 0 Å². The van der Waals surface area contributed by atoms with Crippen LogP contribution in [0.4, 0.5) is 5.82 Å². The van der Waals surface area contributed by atoms with E-state index in [-0.39, 0.29) is 23.9 Å². The smallest absolute Gasteiger partial charge is 0.230 e. The van der Waals surface area contributed by atoms with Gasteiger partial charge in [-0.25, -0.2) is 4.98 Å². The monoisotopic (exact) mass is 323 g/mol. The second-order valence-corrected chi connectivity index (χ2v) is 6.21. The number of aromatic nitrogens is 2. The Balaban J connectivity index is 1.66. The standard InChI is InChI=1S/C18H21N5O/c1-13(15-6-4-3-5-7-15)23-10-17(20-12-23)21-18(24)16-8-9-22(11-19)14(16)2/h3-7,10,12-14,16H,8-9H2,1-2H3,(H,21,24)/t13-,14?,16?/m0/s1. The fraction of sp³-hybridized carbons (Fsp3) is 0.389. The molecule has 0 aliphatic carbocycles. The van der Waals surface area contributed by atoms with Gasteiger partial charge >= 0.3 is 0 Å². The van der Waals surface area contributed by atoms with Crippen molar-refractivity contribution in [1.82, 2.24) is 14.5 Å². The van der Waals surface area contributed by atoms with Crippen LogP contribution in [-0.2, 0) is 4.79 Å². The first-order chi connectivity index (χ1) is 11.6. The number of nitriles is 1. The molecule has 0 spiro atoms. The molecule has 2 heterocycles. The third-order valence-corrected chi connectivity index (χ3v) is 4.80. The second kappa shape index (κ2) is 6.75. The van der Waals surface area contributed by atoms with Gasteiger partial charge in [-0.05, 0) is 25.8 Å². The lowest BCUT2D eigenvalue weighted by molar-refractivity contribution is -0.120. The lowest BCUT2D eigenvalue weighted by atomic mass is 10.0. The van der Waals surface area contributed by atoms with Gasteiger partial charge < -0.3 is 14.8 Å². The Bertz CT molecular complexity index is 748. The summed E-state index contributed by atoms with van der Waals surface area (Å²) in [5.74, 6) is 0.296. The second-order valence-electron chi connectivity index (χ2n) is 6.21. The van der Waals surface area contributed by atoms with E-state index in [0.29, 0.717) is 18.8 Å². The molecule has 6 heteroatoms. The SMILES string of the molecule is CC1C(C(=O)Nc2cn([C@@H](C)c3ccccc3)cn2)CCN1C#N. The number of carbonyl (C=O) groups is 1. The van der Waals surface area contributed by atoms with Gasteiger partial charge in [0.15, 0.2) is 12.0 Å². The van der Waals surface area contributed by atoms with Crippen molar-refractivity contribution < 1.29 is 4.79 Å². The minimum Gasteiger partial charge on any atom is -0.328 e. The van der Waals surface area contributed by atoms with Crippen molar-refractivity contribution in [3.05, 3.63) is 48.4 Å². The van der Waals surface area contributed by atoms with Gasteiger partial charge in [-0.15, -0.1) is 0 Å². The number of amides is 1. The highest BCUT2D eigenvalue weighted by atomic mass is 16.2. The summed E-state index contributed by atoms with van der Waals surface area (Å²) in [5.41, 5.74) is 1.18. The van der Waals surface area contributed by atoms with Crippen LogP contribution in [0.2, 0.25) is 0 Å². The molecule has 1 amide bonds. The number of nitrogens with zero attached hydrogens (tertiary/aromatic N) is 4. The lowest BCUT2D eigenvalue weighted by Crippen LogP contribution is -2.33. The minimum absolute atomic E-state index is 0.0691. The third kappa shape index (κ3) is 3.11. The van der Waals surface area contributed by atoms with Crippen LogP contribution in [0.5, 0.6) is 0 Å². The number of likely N-dealkylation sites (tertiary alicyclic amines) is 1. The van der Waals surface area contributed by atoms with Crippen molar-refractivity contribution >= 4 is 11.7 Å².